The topological polar surface area (TPSA) is 43.4 Å². The Bertz CT molecular complexity index is 929. The van der Waals surface area contributed by atoms with Gasteiger partial charge in [0.05, 0.1) is 6.61 Å². The minimum Gasteiger partial charge on any atom is -0.492 e. The van der Waals surface area contributed by atoms with Crippen LogP contribution < -0.4 is 15.1 Å². The number of nitrogens with one attached hydrogen (secondary N) is 1. The number of hydrogen-bond acceptors (Lipinski definition) is 4. The highest BCUT2D eigenvalue weighted by Gasteiger charge is 2.20. The van der Waals surface area contributed by atoms with Crippen LogP contribution in [0.5, 0.6) is 11.5 Å². The van der Waals surface area contributed by atoms with Crippen molar-refractivity contribution in [3.05, 3.63) is 77.4 Å². The predicted molar refractivity (Wildman–Crippen MR) is 109 cm³/mol. The molecule has 1 N–H and O–H groups in total. The summed E-state index contributed by atoms with van der Waals surface area (Å²) in [5, 5.41) is 0. The Kier molecular flexibility index (Phi) is 6.61. The van der Waals surface area contributed by atoms with Crippen molar-refractivity contribution in [3.63, 3.8) is 0 Å². The fourth-order valence-corrected chi connectivity index (χ4v) is 3.29. The van der Waals surface area contributed by atoms with Crippen LogP contribution in [0.1, 0.15) is 30.5 Å². The molecule has 146 valence electrons. The Morgan fingerprint density at radius 2 is 1.86 bits per heavy atom. The minimum atomic E-state index is -0.414. The highest BCUT2D eigenvalue weighted by molar-refractivity contribution is 5.74. The molecule has 0 amide bonds. The molecule has 2 heterocycles. The predicted octanol–water partition coefficient (Wildman–Crippen LogP) is 4.95. The van der Waals surface area contributed by atoms with Gasteiger partial charge in [-0.25, -0.2) is 4.39 Å². The summed E-state index contributed by atoms with van der Waals surface area (Å²) in [6.07, 6.45) is 5.26. The Hall–Kier alpha value is -2.92. The number of aromatic nitrogens is 1. The number of hydroxylamine groups is 1. The van der Waals surface area contributed by atoms with Gasteiger partial charge in [0.25, 0.3) is 0 Å². The second-order valence-electron chi connectivity index (χ2n) is 6.21. The summed E-state index contributed by atoms with van der Waals surface area (Å²) in [5.41, 5.74) is 7.72. The summed E-state index contributed by atoms with van der Waals surface area (Å²) in [6, 6.07) is 13.2. The van der Waals surface area contributed by atoms with Crippen LogP contribution in [0.15, 0.2) is 54.9 Å². The lowest BCUT2D eigenvalue weighted by Gasteiger charge is -2.13. The van der Waals surface area contributed by atoms with E-state index >= 15 is 0 Å². The zero-order valence-electron chi connectivity index (χ0n) is 16.5. The quantitative estimate of drug-likeness (QED) is 0.636. The van der Waals surface area contributed by atoms with Gasteiger partial charge in [0.15, 0.2) is 11.6 Å². The lowest BCUT2D eigenvalue weighted by molar-refractivity contribution is 0.213. The van der Waals surface area contributed by atoms with Crippen molar-refractivity contribution in [1.29, 1.82) is 0 Å². The van der Waals surface area contributed by atoms with E-state index in [-0.39, 0.29) is 5.75 Å². The largest absolute Gasteiger partial charge is 0.492 e. The maximum Gasteiger partial charge on any atom is 0.182 e. The molecule has 0 fully saturated rings. The van der Waals surface area contributed by atoms with Crippen LogP contribution >= 0.6 is 0 Å². The van der Waals surface area contributed by atoms with Crippen LogP contribution in [0, 0.1) is 5.82 Å². The molecule has 4 nitrogen and oxygen atoms in total. The van der Waals surface area contributed by atoms with Crippen molar-refractivity contribution < 1.29 is 14.0 Å². The molecule has 3 aromatic rings. The van der Waals surface area contributed by atoms with Gasteiger partial charge in [0, 0.05) is 31.4 Å². The molecular weight excluding hydrogens is 355 g/mol. The van der Waals surface area contributed by atoms with Gasteiger partial charge < -0.3 is 9.57 Å². The Morgan fingerprint density at radius 3 is 2.57 bits per heavy atom. The summed E-state index contributed by atoms with van der Waals surface area (Å²) in [6.45, 7) is 4.66. The van der Waals surface area contributed by atoms with E-state index in [4.69, 9.17) is 9.57 Å². The number of hydrogen-bond donors (Lipinski definition) is 1. The summed E-state index contributed by atoms with van der Waals surface area (Å²) in [7, 11) is 1.59. The molecular formula is C23H25FN2O2. The van der Waals surface area contributed by atoms with Crippen molar-refractivity contribution in [2.24, 2.45) is 0 Å². The SMILES string of the molecule is CC.CNOc1ccc(-c2cc(Cc3ccncc3)cc3c2OCC3)cc1F. The van der Waals surface area contributed by atoms with E-state index in [1.165, 1.54) is 22.8 Å². The molecule has 0 unspecified atom stereocenters. The molecule has 1 aromatic heterocycles. The van der Waals surface area contributed by atoms with Crippen LogP contribution in [0.25, 0.3) is 11.1 Å². The number of fused-ring (bicyclic) bond motifs is 1. The maximum atomic E-state index is 14.3. The van der Waals surface area contributed by atoms with Crippen molar-refractivity contribution in [2.45, 2.75) is 26.7 Å². The fourth-order valence-electron chi connectivity index (χ4n) is 3.29. The van der Waals surface area contributed by atoms with Gasteiger partial charge in [-0.15, -0.1) is 0 Å². The molecule has 2 aromatic carbocycles. The zero-order valence-corrected chi connectivity index (χ0v) is 16.5. The first kappa shape index (κ1) is 19.8. The van der Waals surface area contributed by atoms with Crippen LogP contribution in [-0.2, 0) is 12.8 Å². The average Bonchev–Trinajstić information content (AvgIpc) is 3.20. The smallest absolute Gasteiger partial charge is 0.182 e. The van der Waals surface area contributed by atoms with E-state index in [9.17, 15) is 4.39 Å². The number of benzene rings is 2. The molecule has 5 heteroatoms. The second kappa shape index (κ2) is 9.33. The van der Waals surface area contributed by atoms with Crippen LogP contribution in [0.3, 0.4) is 0 Å². The molecule has 0 atom stereocenters. The van der Waals surface area contributed by atoms with Gasteiger partial charge in [-0.3, -0.25) is 4.98 Å². The standard InChI is InChI=1S/C21H19FN2O2.C2H6/c1-23-26-20-3-2-16(13-19(20)22)18-12-15(10-14-4-7-24-8-5-14)11-17-6-9-25-21(17)18;1-2/h2-5,7-8,11-13,23H,6,9-10H2,1H3;1-2H3. The van der Waals surface area contributed by atoms with Crippen LogP contribution in [-0.4, -0.2) is 18.6 Å². The fraction of sp³-hybridized carbons (Fsp3) is 0.261. The molecule has 0 saturated carbocycles. The average molecular weight is 380 g/mol. The van der Waals surface area contributed by atoms with E-state index in [0.29, 0.717) is 6.61 Å². The number of halogens is 1. The lowest BCUT2D eigenvalue weighted by Crippen LogP contribution is -2.11. The Balaban J connectivity index is 0.00000109. The molecule has 28 heavy (non-hydrogen) atoms. The molecule has 0 bridgehead atoms. The van der Waals surface area contributed by atoms with E-state index in [0.717, 1.165) is 29.7 Å². The molecule has 1 aliphatic heterocycles. The first-order chi connectivity index (χ1) is 13.7. The van der Waals surface area contributed by atoms with Gasteiger partial charge in [0.1, 0.15) is 5.75 Å². The summed E-state index contributed by atoms with van der Waals surface area (Å²) >= 11 is 0. The summed E-state index contributed by atoms with van der Waals surface area (Å²) in [5.74, 6) is 0.607. The normalized spacial score (nSPS) is 11.9. The highest BCUT2D eigenvalue weighted by Crippen LogP contribution is 2.39. The maximum absolute atomic E-state index is 14.3. The van der Waals surface area contributed by atoms with Crippen molar-refractivity contribution in [3.8, 4) is 22.6 Å². The van der Waals surface area contributed by atoms with Crippen molar-refractivity contribution >= 4 is 0 Å². The molecule has 1 aliphatic rings. The molecule has 0 spiro atoms. The molecule has 0 radical (unpaired) electrons. The Morgan fingerprint density at radius 1 is 1.07 bits per heavy atom. The van der Waals surface area contributed by atoms with Crippen molar-refractivity contribution in [2.75, 3.05) is 13.7 Å². The van der Waals surface area contributed by atoms with Crippen LogP contribution in [0.2, 0.25) is 0 Å². The lowest BCUT2D eigenvalue weighted by atomic mass is 9.95. The van der Waals surface area contributed by atoms with Gasteiger partial charge >= 0.3 is 0 Å². The van der Waals surface area contributed by atoms with E-state index in [1.54, 1.807) is 25.5 Å². The number of pyridine rings is 1. The molecule has 0 aliphatic carbocycles. The van der Waals surface area contributed by atoms with E-state index < -0.39 is 5.82 Å². The van der Waals surface area contributed by atoms with Crippen LogP contribution in [0.4, 0.5) is 4.39 Å². The Labute approximate surface area is 165 Å². The van der Waals surface area contributed by atoms with Gasteiger partial charge in [-0.1, -0.05) is 26.0 Å². The third-order valence-electron chi connectivity index (χ3n) is 4.46. The second-order valence-corrected chi connectivity index (χ2v) is 6.21. The van der Waals surface area contributed by atoms with E-state index in [1.807, 2.05) is 32.0 Å². The third-order valence-corrected chi connectivity index (χ3v) is 4.46. The third kappa shape index (κ3) is 4.31. The number of rotatable bonds is 5. The van der Waals surface area contributed by atoms with Crippen molar-refractivity contribution in [1.82, 2.24) is 10.5 Å². The first-order valence-corrected chi connectivity index (χ1v) is 9.55. The van der Waals surface area contributed by atoms with Gasteiger partial charge in [-0.2, -0.15) is 5.48 Å². The molecule has 0 saturated heterocycles. The number of ether oxygens (including phenoxy) is 1. The van der Waals surface area contributed by atoms with E-state index in [2.05, 4.69) is 22.6 Å². The first-order valence-electron chi connectivity index (χ1n) is 9.55. The zero-order chi connectivity index (χ0) is 19.9. The molecule has 4 rings (SSSR count). The number of nitrogens with zero attached hydrogens (tertiary/aromatic N) is 1. The summed E-state index contributed by atoms with van der Waals surface area (Å²) < 4.78 is 20.1. The van der Waals surface area contributed by atoms with Gasteiger partial charge in [-0.05, 0) is 59.0 Å². The minimum absolute atomic E-state index is 0.168. The van der Waals surface area contributed by atoms with Gasteiger partial charge in [0.2, 0.25) is 0 Å². The summed E-state index contributed by atoms with van der Waals surface area (Å²) in [4.78, 5) is 9.13. The highest BCUT2D eigenvalue weighted by atomic mass is 19.1. The monoisotopic (exact) mass is 380 g/mol.